The standard InChI is InChI=1S/C69H78BNO.C17H18O/c1-16-25-51(42-49-26-18-17-19-27-49)44-64-60(43-50-35-38-53(39-36-50)66(4,5)6)70(59-45-54(67(7,8)9)37-34-47(59)2)61-46-55(68(10,11)12)40-41-63(61)71(64)62-33-23-21-30-56(62)57-31-24-29-52-28-20-22-32-58(69(13,14)15)48(3)72-65(52)57;1-11-7-5-8-12-13-9-6-10-14(17(2,3)4)16(13)18-15(11)12/h16-41,44-46H,42-43H2,1-15H3;5-10H,1-4H3/b25-16+,28-20?,32-22?,51-44+,58-48?;. The highest BCUT2D eigenvalue weighted by atomic mass is 16.3. The van der Waals surface area contributed by atoms with E-state index in [1.165, 1.54) is 94.2 Å². The number of fused-ring (bicyclic) bond motifs is 5. The van der Waals surface area contributed by atoms with Gasteiger partial charge in [-0.2, -0.15) is 0 Å². The predicted molar refractivity (Wildman–Crippen MR) is 391 cm³/mol. The van der Waals surface area contributed by atoms with E-state index in [4.69, 9.17) is 8.83 Å². The second kappa shape index (κ2) is 25.5. The molecule has 0 N–H and O–H groups in total. The maximum Gasteiger partial charge on any atom is 0.242 e. The highest BCUT2D eigenvalue weighted by molar-refractivity contribution is 6.92. The predicted octanol–water partition coefficient (Wildman–Crippen LogP) is 22.8. The molecule has 0 spiro atoms. The Balaban J connectivity index is 0.000000420. The fraction of sp³-hybridized carbons (Fsp3) is 0.302. The first-order chi connectivity index (χ1) is 42.5. The molecule has 0 unspecified atom stereocenters. The number of anilines is 2. The number of para-hydroxylation sites is 4. The molecule has 90 heavy (non-hydrogen) atoms. The van der Waals surface area contributed by atoms with Crippen molar-refractivity contribution in [1.82, 2.24) is 0 Å². The second-order valence-corrected chi connectivity index (χ2v) is 30.3. The van der Waals surface area contributed by atoms with E-state index in [9.17, 15) is 0 Å². The molecule has 10 aromatic rings. The zero-order valence-corrected chi connectivity index (χ0v) is 57.5. The van der Waals surface area contributed by atoms with E-state index in [2.05, 4.69) is 349 Å². The van der Waals surface area contributed by atoms with Crippen molar-refractivity contribution in [3.63, 3.8) is 0 Å². The van der Waals surface area contributed by atoms with E-state index in [0.29, 0.717) is 0 Å². The van der Waals surface area contributed by atoms with Gasteiger partial charge in [0.05, 0.1) is 5.69 Å². The molecule has 3 heterocycles. The number of hydrogen-bond donors (Lipinski definition) is 0. The van der Waals surface area contributed by atoms with Crippen molar-refractivity contribution < 1.29 is 8.83 Å². The van der Waals surface area contributed by atoms with Crippen molar-refractivity contribution in [2.24, 2.45) is 0 Å². The van der Waals surface area contributed by atoms with Gasteiger partial charge in [0.1, 0.15) is 22.5 Å². The number of aryl methyl sites for hydroxylation is 3. The van der Waals surface area contributed by atoms with Crippen LogP contribution in [0.4, 0.5) is 11.4 Å². The molecule has 1 aliphatic rings. The van der Waals surface area contributed by atoms with E-state index >= 15 is 0 Å². The van der Waals surface area contributed by atoms with Gasteiger partial charge in [-0.3, -0.25) is 0 Å². The Hall–Kier alpha value is -8.34. The molecule has 3 nitrogen and oxygen atoms in total. The highest BCUT2D eigenvalue weighted by Gasteiger charge is 2.40. The van der Waals surface area contributed by atoms with Gasteiger partial charge >= 0.3 is 0 Å². The number of benzene rings is 8. The van der Waals surface area contributed by atoms with Crippen LogP contribution in [0, 0.1) is 20.8 Å². The summed E-state index contributed by atoms with van der Waals surface area (Å²) < 4.78 is 13.3. The molecule has 0 fully saturated rings. The summed E-state index contributed by atoms with van der Waals surface area (Å²) in [6.45, 7) is 43.0. The minimum atomic E-state index is -0.115. The van der Waals surface area contributed by atoms with Crippen molar-refractivity contribution in [2.45, 2.75) is 171 Å². The minimum absolute atomic E-state index is 0.0391. The molecule has 11 rings (SSSR count). The van der Waals surface area contributed by atoms with Gasteiger partial charge in [-0.15, -0.1) is 0 Å². The lowest BCUT2D eigenvalue weighted by atomic mass is 9.33. The molecule has 8 aromatic carbocycles. The Bertz CT molecular complexity index is 4410. The van der Waals surface area contributed by atoms with E-state index in [1.807, 2.05) is 0 Å². The summed E-state index contributed by atoms with van der Waals surface area (Å²) in [5.41, 5.74) is 25.3. The summed E-state index contributed by atoms with van der Waals surface area (Å²) in [5.74, 6) is 0.905. The van der Waals surface area contributed by atoms with Crippen molar-refractivity contribution >= 4 is 61.9 Å². The second-order valence-electron chi connectivity index (χ2n) is 30.3. The van der Waals surface area contributed by atoms with Gasteiger partial charge in [0.25, 0.3) is 0 Å². The molecule has 2 aromatic heterocycles. The molecule has 0 bridgehead atoms. The Kier molecular flexibility index (Phi) is 18.3. The van der Waals surface area contributed by atoms with Gasteiger partial charge in [0, 0.05) is 44.2 Å². The molecule has 0 amide bonds. The summed E-state index contributed by atoms with van der Waals surface area (Å²) in [6, 6.07) is 72.1. The number of nitrogens with zero attached hydrogens (tertiary/aromatic N) is 1. The Labute approximate surface area is 540 Å². The molecule has 0 radical (unpaired) electrons. The monoisotopic (exact) mass is 1190 g/mol. The maximum atomic E-state index is 7.18. The number of rotatable bonds is 9. The molecular weight excluding hydrogens is 1090 g/mol. The average molecular weight is 1190 g/mol. The summed E-state index contributed by atoms with van der Waals surface area (Å²) in [5, 5.41) is 3.48. The Morgan fingerprint density at radius 2 is 0.978 bits per heavy atom. The minimum Gasteiger partial charge on any atom is -0.460 e. The SMILES string of the molecule is C/C=C/C(=C\C1=C(Cc2ccc(C(C)(C)C)cc2)B(c2cc(C(C)(C)C)ccc2C)c2cc(C(C)(C)C)ccc2N1c1ccccc1-c1cccc2ccccc(C(C)(C)C)c(C)oc12)Cc1ccccc1.Cc1cccc2c1oc1c(C(C)(C)C)cccc12. The van der Waals surface area contributed by atoms with Crippen LogP contribution in [0.2, 0.25) is 0 Å². The van der Waals surface area contributed by atoms with E-state index in [-0.39, 0.29) is 33.8 Å². The lowest BCUT2D eigenvalue weighted by molar-refractivity contribution is 0.512. The maximum absolute atomic E-state index is 7.18. The summed E-state index contributed by atoms with van der Waals surface area (Å²) >= 11 is 0. The number of allylic oxidation sites excluding steroid dienone is 5. The van der Waals surface area contributed by atoms with Crippen LogP contribution in [0.1, 0.15) is 167 Å². The average Bonchev–Trinajstić information content (AvgIpc) is 0.798. The van der Waals surface area contributed by atoms with Crippen molar-refractivity contribution in [2.75, 3.05) is 4.90 Å². The molecular formula is C86H96BNO2. The first-order valence-electron chi connectivity index (χ1n) is 32.6. The Morgan fingerprint density at radius 1 is 0.433 bits per heavy atom. The van der Waals surface area contributed by atoms with Crippen LogP contribution in [-0.4, -0.2) is 6.71 Å². The van der Waals surface area contributed by atoms with Gasteiger partial charge in [-0.1, -0.05) is 314 Å². The van der Waals surface area contributed by atoms with Crippen LogP contribution in [0.5, 0.6) is 0 Å². The molecule has 0 aliphatic carbocycles. The van der Waals surface area contributed by atoms with Gasteiger partial charge < -0.3 is 13.7 Å². The fourth-order valence-corrected chi connectivity index (χ4v) is 13.0. The molecule has 460 valence electrons. The third kappa shape index (κ3) is 13.8. The summed E-state index contributed by atoms with van der Waals surface area (Å²) in [6.07, 6.45) is 8.59. The molecule has 1 aliphatic heterocycles. The van der Waals surface area contributed by atoms with Crippen molar-refractivity contribution in [3.8, 4) is 11.1 Å². The largest absolute Gasteiger partial charge is 0.460 e. The van der Waals surface area contributed by atoms with Crippen LogP contribution in [-0.2, 0) is 39.9 Å². The van der Waals surface area contributed by atoms with E-state index in [0.717, 1.165) is 57.6 Å². The van der Waals surface area contributed by atoms with Gasteiger partial charge in [-0.25, -0.2) is 0 Å². The number of hydrogen-bond acceptors (Lipinski definition) is 3. The molecule has 4 heteroatoms. The summed E-state index contributed by atoms with van der Waals surface area (Å²) in [4.78, 5) is 2.61. The van der Waals surface area contributed by atoms with Crippen molar-refractivity contribution in [3.05, 3.63) is 285 Å². The van der Waals surface area contributed by atoms with Crippen LogP contribution in [0.3, 0.4) is 0 Å². The van der Waals surface area contributed by atoms with E-state index < -0.39 is 0 Å². The van der Waals surface area contributed by atoms with Crippen LogP contribution < -0.4 is 15.8 Å². The molecule has 0 saturated heterocycles. The normalized spacial score (nSPS) is 13.5. The molecule has 0 saturated carbocycles. The zero-order chi connectivity index (χ0) is 64.7. The first-order valence-corrected chi connectivity index (χ1v) is 32.6. The third-order valence-electron chi connectivity index (χ3n) is 18.1. The zero-order valence-electron chi connectivity index (χ0n) is 57.5. The van der Waals surface area contributed by atoms with Crippen LogP contribution in [0.25, 0.3) is 44.0 Å². The van der Waals surface area contributed by atoms with Gasteiger partial charge in [0.2, 0.25) is 6.71 Å². The Morgan fingerprint density at radius 3 is 1.63 bits per heavy atom. The fourth-order valence-electron chi connectivity index (χ4n) is 13.0. The van der Waals surface area contributed by atoms with Gasteiger partial charge in [-0.05, 0) is 136 Å². The quantitative estimate of drug-likeness (QED) is 0.107. The van der Waals surface area contributed by atoms with Gasteiger partial charge in [0.15, 0.2) is 0 Å². The van der Waals surface area contributed by atoms with Crippen LogP contribution in [0.15, 0.2) is 238 Å². The van der Waals surface area contributed by atoms with Crippen molar-refractivity contribution in [1.29, 1.82) is 0 Å². The third-order valence-corrected chi connectivity index (χ3v) is 18.1. The number of furan rings is 1. The highest BCUT2D eigenvalue weighted by Crippen LogP contribution is 2.46. The molecule has 0 atom stereocenters. The topological polar surface area (TPSA) is 29.5 Å². The van der Waals surface area contributed by atoms with Crippen LogP contribution >= 0.6 is 0 Å². The smallest absolute Gasteiger partial charge is 0.242 e. The lowest BCUT2D eigenvalue weighted by Gasteiger charge is -2.41. The summed E-state index contributed by atoms with van der Waals surface area (Å²) in [7, 11) is 0. The lowest BCUT2D eigenvalue weighted by Crippen LogP contribution is -2.52. The van der Waals surface area contributed by atoms with E-state index in [1.54, 1.807) is 0 Å². The first kappa shape index (κ1) is 64.6.